The molecule has 0 amide bonds. The maximum absolute atomic E-state index is 13.8. The fourth-order valence-electron chi connectivity index (χ4n) is 3.29. The van der Waals surface area contributed by atoms with E-state index in [0.717, 1.165) is 50.1 Å². The number of aromatic amines is 1. The minimum absolute atomic E-state index is 0.0604. The van der Waals surface area contributed by atoms with E-state index in [1.807, 2.05) is 6.92 Å². The number of hydrogen-bond acceptors (Lipinski definition) is 6. The number of aromatic nitrogens is 5. The maximum atomic E-state index is 13.8. The first-order valence-electron chi connectivity index (χ1n) is 9.04. The van der Waals surface area contributed by atoms with E-state index in [-0.39, 0.29) is 11.5 Å². The summed E-state index contributed by atoms with van der Waals surface area (Å²) in [5.74, 6) is 1.34. The molecule has 1 aromatic carbocycles. The molecule has 1 aliphatic heterocycles. The molecule has 3 aromatic rings. The van der Waals surface area contributed by atoms with Crippen molar-refractivity contribution in [2.45, 2.75) is 38.6 Å². The molecule has 0 saturated carbocycles. The number of piperidine rings is 1. The minimum Gasteiger partial charge on any atom is -0.334 e. The van der Waals surface area contributed by atoms with Crippen LogP contribution in [0.25, 0.3) is 11.5 Å². The molecule has 1 aliphatic rings. The molecule has 2 aromatic heterocycles. The van der Waals surface area contributed by atoms with Gasteiger partial charge in [-0.1, -0.05) is 12.1 Å². The maximum Gasteiger partial charge on any atom is 0.260 e. The summed E-state index contributed by atoms with van der Waals surface area (Å²) in [6.45, 7) is 4.31. The Balaban J connectivity index is 1.36. The van der Waals surface area contributed by atoms with Crippen LogP contribution in [-0.4, -0.2) is 43.3 Å². The number of likely N-dealkylation sites (tertiary alicyclic amines) is 1. The van der Waals surface area contributed by atoms with Gasteiger partial charge >= 0.3 is 0 Å². The van der Waals surface area contributed by atoms with E-state index in [1.165, 1.54) is 12.1 Å². The zero-order chi connectivity index (χ0) is 18.8. The molecule has 3 heterocycles. The molecule has 1 saturated heterocycles. The van der Waals surface area contributed by atoms with Crippen LogP contribution in [0.1, 0.15) is 43.2 Å². The van der Waals surface area contributed by atoms with Crippen molar-refractivity contribution in [2.24, 2.45) is 0 Å². The van der Waals surface area contributed by atoms with Crippen molar-refractivity contribution >= 4 is 0 Å². The molecule has 0 aliphatic carbocycles. The third-order valence-corrected chi connectivity index (χ3v) is 4.83. The molecule has 27 heavy (non-hydrogen) atoms. The molecule has 0 spiro atoms. The summed E-state index contributed by atoms with van der Waals surface area (Å²) >= 11 is 0. The third kappa shape index (κ3) is 3.87. The summed E-state index contributed by atoms with van der Waals surface area (Å²) in [6.07, 6.45) is 2.76. The summed E-state index contributed by atoms with van der Waals surface area (Å²) in [4.78, 5) is 11.0. The van der Waals surface area contributed by atoms with Crippen LogP contribution in [0, 0.1) is 11.6 Å². The predicted molar refractivity (Wildman–Crippen MR) is 92.7 cm³/mol. The number of hydrogen-bond donors (Lipinski definition) is 1. The van der Waals surface area contributed by atoms with Gasteiger partial charge in [0.2, 0.25) is 0 Å². The van der Waals surface area contributed by atoms with Crippen LogP contribution in [0.3, 0.4) is 0 Å². The highest BCUT2D eigenvalue weighted by molar-refractivity contribution is 5.53. The first-order chi connectivity index (χ1) is 13.1. The van der Waals surface area contributed by atoms with Crippen LogP contribution in [0.5, 0.6) is 0 Å². The van der Waals surface area contributed by atoms with Gasteiger partial charge in [0.05, 0.1) is 12.1 Å². The Kier molecular flexibility index (Phi) is 4.93. The van der Waals surface area contributed by atoms with Gasteiger partial charge in [-0.05, 0) is 38.1 Å². The van der Waals surface area contributed by atoms with Crippen LogP contribution < -0.4 is 0 Å². The summed E-state index contributed by atoms with van der Waals surface area (Å²) in [5.41, 5.74) is 0.102. The van der Waals surface area contributed by atoms with E-state index >= 15 is 0 Å². The van der Waals surface area contributed by atoms with E-state index in [9.17, 15) is 8.78 Å². The molecule has 1 fully saturated rings. The number of benzene rings is 1. The molecule has 0 bridgehead atoms. The Morgan fingerprint density at radius 2 is 2.04 bits per heavy atom. The highest BCUT2D eigenvalue weighted by atomic mass is 19.1. The van der Waals surface area contributed by atoms with Crippen molar-refractivity contribution in [1.82, 2.24) is 30.2 Å². The molecular weight excluding hydrogens is 354 g/mol. The fraction of sp³-hybridized carbons (Fsp3) is 0.444. The van der Waals surface area contributed by atoms with Crippen molar-refractivity contribution < 1.29 is 13.3 Å². The number of rotatable bonds is 5. The van der Waals surface area contributed by atoms with Gasteiger partial charge < -0.3 is 4.52 Å². The molecular formula is C18H20F2N6O. The first kappa shape index (κ1) is 17.7. The van der Waals surface area contributed by atoms with Gasteiger partial charge in [-0.2, -0.15) is 10.1 Å². The average molecular weight is 374 g/mol. The lowest BCUT2D eigenvalue weighted by atomic mass is 9.96. The highest BCUT2D eigenvalue weighted by Gasteiger charge is 2.25. The number of nitrogens with one attached hydrogen (secondary N) is 1. The molecule has 0 radical (unpaired) electrons. The molecule has 142 valence electrons. The Bertz CT molecular complexity index is 916. The van der Waals surface area contributed by atoms with Crippen LogP contribution >= 0.6 is 0 Å². The van der Waals surface area contributed by atoms with Crippen molar-refractivity contribution in [2.75, 3.05) is 13.1 Å². The third-order valence-electron chi connectivity index (χ3n) is 4.83. The van der Waals surface area contributed by atoms with Crippen molar-refractivity contribution in [3.05, 3.63) is 47.3 Å². The highest BCUT2D eigenvalue weighted by Crippen LogP contribution is 2.27. The van der Waals surface area contributed by atoms with Gasteiger partial charge in [-0.3, -0.25) is 10.00 Å². The number of H-pyrrole nitrogens is 1. The number of aryl methyl sites for hydroxylation is 1. The smallest absolute Gasteiger partial charge is 0.260 e. The van der Waals surface area contributed by atoms with Gasteiger partial charge in [-0.25, -0.2) is 13.8 Å². The normalized spacial score (nSPS) is 16.1. The van der Waals surface area contributed by atoms with Crippen LogP contribution in [0.15, 0.2) is 22.7 Å². The summed E-state index contributed by atoms with van der Waals surface area (Å²) < 4.78 is 32.0. The molecule has 4 rings (SSSR count). The second-order valence-electron chi connectivity index (χ2n) is 6.68. The van der Waals surface area contributed by atoms with E-state index in [1.54, 1.807) is 0 Å². The number of nitrogens with zero attached hydrogens (tertiary/aromatic N) is 5. The van der Waals surface area contributed by atoms with Crippen molar-refractivity contribution in [3.8, 4) is 11.5 Å². The summed E-state index contributed by atoms with van der Waals surface area (Å²) in [5, 5.41) is 11.2. The van der Waals surface area contributed by atoms with Crippen molar-refractivity contribution in [1.29, 1.82) is 0 Å². The van der Waals surface area contributed by atoms with Gasteiger partial charge in [0.15, 0.2) is 11.6 Å². The van der Waals surface area contributed by atoms with Gasteiger partial charge in [0.25, 0.3) is 5.89 Å². The lowest BCUT2D eigenvalue weighted by Crippen LogP contribution is -2.33. The van der Waals surface area contributed by atoms with E-state index in [0.29, 0.717) is 18.3 Å². The van der Waals surface area contributed by atoms with Gasteiger partial charge in [0.1, 0.15) is 17.5 Å². The Labute approximate surface area is 154 Å². The molecule has 0 atom stereocenters. The average Bonchev–Trinajstić information content (AvgIpc) is 3.32. The predicted octanol–water partition coefficient (Wildman–Crippen LogP) is 3.07. The van der Waals surface area contributed by atoms with E-state index in [2.05, 4.69) is 30.2 Å². The topological polar surface area (TPSA) is 83.7 Å². The summed E-state index contributed by atoms with van der Waals surface area (Å²) in [7, 11) is 0. The Morgan fingerprint density at radius 3 is 2.74 bits per heavy atom. The molecule has 7 nitrogen and oxygen atoms in total. The zero-order valence-corrected chi connectivity index (χ0v) is 15.0. The van der Waals surface area contributed by atoms with E-state index < -0.39 is 11.6 Å². The Morgan fingerprint density at radius 1 is 1.22 bits per heavy atom. The lowest BCUT2D eigenvalue weighted by molar-refractivity contribution is 0.195. The fourth-order valence-corrected chi connectivity index (χ4v) is 3.29. The molecule has 0 unspecified atom stereocenters. The lowest BCUT2D eigenvalue weighted by Gasteiger charge is -2.29. The molecule has 9 heteroatoms. The van der Waals surface area contributed by atoms with Crippen LogP contribution in [0.4, 0.5) is 8.78 Å². The second kappa shape index (κ2) is 7.51. The molecule has 1 N–H and O–H groups in total. The zero-order valence-electron chi connectivity index (χ0n) is 15.0. The minimum atomic E-state index is -0.719. The monoisotopic (exact) mass is 374 g/mol. The van der Waals surface area contributed by atoms with Gasteiger partial charge in [-0.15, -0.1) is 0 Å². The largest absolute Gasteiger partial charge is 0.334 e. The van der Waals surface area contributed by atoms with Crippen LogP contribution in [-0.2, 0) is 13.0 Å². The SMILES string of the molecule is CCc1nc(C2CCN(Cc3noc(-c4ccc(F)cc4F)n3)CC2)n[nH]1. The second-order valence-corrected chi connectivity index (χ2v) is 6.68. The van der Waals surface area contributed by atoms with E-state index in [4.69, 9.17) is 4.52 Å². The summed E-state index contributed by atoms with van der Waals surface area (Å²) in [6, 6.07) is 3.27. The first-order valence-corrected chi connectivity index (χ1v) is 9.04. The quantitative estimate of drug-likeness (QED) is 0.739. The van der Waals surface area contributed by atoms with Crippen molar-refractivity contribution in [3.63, 3.8) is 0 Å². The standard InChI is InChI=1S/C18H20F2N6O/c1-2-15-21-17(24-23-15)11-5-7-26(8-6-11)10-16-22-18(27-25-16)13-4-3-12(19)9-14(13)20/h3-4,9,11H,2,5-8,10H2,1H3,(H,21,23,24). The van der Waals surface area contributed by atoms with Gasteiger partial charge in [0, 0.05) is 18.4 Å². The number of halogens is 2. The van der Waals surface area contributed by atoms with Crippen LogP contribution in [0.2, 0.25) is 0 Å². The Hall–Kier alpha value is -2.68.